The van der Waals surface area contributed by atoms with Crippen molar-refractivity contribution in [3.63, 3.8) is 0 Å². The zero-order valence-corrected chi connectivity index (χ0v) is 22.4. The first-order chi connectivity index (χ1) is 14.5. The van der Waals surface area contributed by atoms with Crippen LogP contribution in [-0.2, 0) is 19.6 Å². The van der Waals surface area contributed by atoms with Crippen molar-refractivity contribution >= 4 is 41.3 Å². The van der Waals surface area contributed by atoms with Gasteiger partial charge in [-0.2, -0.15) is 0 Å². The zero-order chi connectivity index (χ0) is 21.3. The van der Waals surface area contributed by atoms with Crippen molar-refractivity contribution in [3.8, 4) is 0 Å². The number of aryl methyl sites for hydroxylation is 2. The quantitative estimate of drug-likeness (QED) is 0.309. The molecule has 1 aliphatic heterocycles. The van der Waals surface area contributed by atoms with Crippen molar-refractivity contribution in [2.45, 2.75) is 46.8 Å². The predicted octanol–water partition coefficient (Wildman–Crippen LogP) is 3.77. The van der Waals surface area contributed by atoms with Crippen molar-refractivity contribution in [2.24, 2.45) is 4.99 Å². The highest BCUT2D eigenvalue weighted by Crippen LogP contribution is 2.16. The van der Waals surface area contributed by atoms with Crippen molar-refractivity contribution < 1.29 is 0 Å². The Bertz CT molecular complexity index is 800. The maximum absolute atomic E-state index is 4.75. The number of rotatable bonds is 7. The van der Waals surface area contributed by atoms with Gasteiger partial charge >= 0.3 is 0 Å². The molecule has 0 amide bonds. The Morgan fingerprint density at radius 1 is 1.06 bits per heavy atom. The van der Waals surface area contributed by atoms with Crippen LogP contribution in [0, 0.1) is 13.8 Å². The van der Waals surface area contributed by atoms with E-state index >= 15 is 0 Å². The van der Waals surface area contributed by atoms with E-state index in [4.69, 9.17) is 4.99 Å². The number of nitrogens with zero attached hydrogens (tertiary/aromatic N) is 4. The average molecular weight is 557 g/mol. The third-order valence-electron chi connectivity index (χ3n) is 5.49. The number of nitrogens with one attached hydrogen (secondary N) is 2. The van der Waals surface area contributed by atoms with Gasteiger partial charge in [0.15, 0.2) is 5.96 Å². The maximum atomic E-state index is 4.75. The van der Waals surface area contributed by atoms with Crippen LogP contribution in [0.1, 0.15) is 40.1 Å². The van der Waals surface area contributed by atoms with Gasteiger partial charge in [0.05, 0.1) is 18.8 Å². The molecule has 2 heterocycles. The summed E-state index contributed by atoms with van der Waals surface area (Å²) in [6.07, 6.45) is 1.25. The van der Waals surface area contributed by atoms with Crippen LogP contribution < -0.4 is 10.6 Å². The lowest BCUT2D eigenvalue weighted by molar-refractivity contribution is 0.269. The Morgan fingerprint density at radius 2 is 1.81 bits per heavy atom. The molecule has 0 unspecified atom stereocenters. The number of aliphatic imine (C=N–C) groups is 1. The van der Waals surface area contributed by atoms with Crippen LogP contribution in [0.15, 0.2) is 29.3 Å². The second-order valence-corrected chi connectivity index (χ2v) is 9.34. The van der Waals surface area contributed by atoms with Gasteiger partial charge in [0.25, 0.3) is 0 Å². The largest absolute Gasteiger partial charge is 0.357 e. The first kappa shape index (κ1) is 26.0. The molecule has 0 spiro atoms. The molecule has 2 N–H and O–H groups in total. The van der Waals surface area contributed by atoms with E-state index in [2.05, 4.69) is 77.5 Å². The smallest absolute Gasteiger partial charge is 0.191 e. The van der Waals surface area contributed by atoms with Crippen LogP contribution in [0.3, 0.4) is 0 Å². The van der Waals surface area contributed by atoms with Crippen molar-refractivity contribution in [1.29, 1.82) is 0 Å². The van der Waals surface area contributed by atoms with Crippen molar-refractivity contribution in [2.75, 3.05) is 39.8 Å². The highest BCUT2D eigenvalue weighted by atomic mass is 127. The van der Waals surface area contributed by atoms with Gasteiger partial charge in [0.1, 0.15) is 5.01 Å². The van der Waals surface area contributed by atoms with E-state index in [0.29, 0.717) is 13.1 Å². The fourth-order valence-corrected chi connectivity index (χ4v) is 4.43. The summed E-state index contributed by atoms with van der Waals surface area (Å²) in [7, 11) is 2.22. The SMILES string of the molecule is CCNC(=NCc1ccc(CN2CCCN(C)CC2)cc1)NCc1nc(C)c(C)s1.I. The molecule has 3 rings (SSSR count). The summed E-state index contributed by atoms with van der Waals surface area (Å²) in [6, 6.07) is 8.92. The lowest BCUT2D eigenvalue weighted by Crippen LogP contribution is -2.36. The van der Waals surface area contributed by atoms with Crippen LogP contribution in [0.5, 0.6) is 0 Å². The Morgan fingerprint density at radius 3 is 2.48 bits per heavy atom. The highest BCUT2D eigenvalue weighted by Gasteiger charge is 2.12. The topological polar surface area (TPSA) is 55.8 Å². The summed E-state index contributed by atoms with van der Waals surface area (Å²) in [5.41, 5.74) is 3.73. The van der Waals surface area contributed by atoms with E-state index in [-0.39, 0.29) is 24.0 Å². The predicted molar refractivity (Wildman–Crippen MR) is 142 cm³/mol. The number of hydrogen-bond acceptors (Lipinski definition) is 5. The lowest BCUT2D eigenvalue weighted by atomic mass is 10.1. The van der Waals surface area contributed by atoms with Gasteiger partial charge in [-0.05, 0) is 58.5 Å². The Kier molecular flexibility index (Phi) is 11.2. The minimum absolute atomic E-state index is 0. The van der Waals surface area contributed by atoms with E-state index in [1.807, 2.05) is 0 Å². The molecule has 0 aliphatic carbocycles. The monoisotopic (exact) mass is 556 g/mol. The van der Waals surface area contributed by atoms with Crippen LogP contribution in [0.25, 0.3) is 0 Å². The summed E-state index contributed by atoms with van der Waals surface area (Å²) in [5, 5.41) is 7.82. The summed E-state index contributed by atoms with van der Waals surface area (Å²) in [6.45, 7) is 14.2. The molecule has 0 saturated carbocycles. The standard InChI is InChI=1S/C23H36N6S.HI/c1-5-24-23(26-16-22-27-18(2)19(3)30-22)25-15-20-7-9-21(10-8-20)17-29-12-6-11-28(4)13-14-29;/h7-10H,5-6,11-17H2,1-4H3,(H2,24,25,26);1H. The number of hydrogen-bond donors (Lipinski definition) is 2. The van der Waals surface area contributed by atoms with Gasteiger partial charge in [-0.15, -0.1) is 35.3 Å². The van der Waals surface area contributed by atoms with Crippen molar-refractivity contribution in [3.05, 3.63) is 51.0 Å². The van der Waals surface area contributed by atoms with Gasteiger partial charge in [0.2, 0.25) is 0 Å². The number of likely N-dealkylation sites (N-methyl/N-ethyl adjacent to an activating group) is 1. The first-order valence-electron chi connectivity index (χ1n) is 11.0. The van der Waals surface area contributed by atoms with E-state index in [0.717, 1.165) is 42.8 Å². The van der Waals surface area contributed by atoms with Gasteiger partial charge in [-0.1, -0.05) is 24.3 Å². The van der Waals surface area contributed by atoms with Crippen LogP contribution in [0.4, 0.5) is 0 Å². The average Bonchev–Trinajstić information content (AvgIpc) is 2.92. The van der Waals surface area contributed by atoms with E-state index in [1.165, 1.54) is 35.5 Å². The summed E-state index contributed by atoms with van der Waals surface area (Å²) >= 11 is 1.74. The molecule has 0 atom stereocenters. The van der Waals surface area contributed by atoms with Gasteiger partial charge < -0.3 is 15.5 Å². The Balaban J connectivity index is 0.00000341. The van der Waals surface area contributed by atoms with Crippen LogP contribution in [-0.4, -0.2) is 60.5 Å². The van der Waals surface area contributed by atoms with E-state index < -0.39 is 0 Å². The summed E-state index contributed by atoms with van der Waals surface area (Å²) in [5.74, 6) is 0.834. The van der Waals surface area contributed by atoms with E-state index in [1.54, 1.807) is 11.3 Å². The molecule has 8 heteroatoms. The Hall–Kier alpha value is -1.23. The Labute approximate surface area is 208 Å². The third-order valence-corrected chi connectivity index (χ3v) is 6.56. The number of halogens is 1. The molecule has 1 fully saturated rings. The lowest BCUT2D eigenvalue weighted by Gasteiger charge is -2.20. The molecule has 1 saturated heterocycles. The molecule has 1 aromatic heterocycles. The third kappa shape index (κ3) is 8.67. The minimum Gasteiger partial charge on any atom is -0.357 e. The molecule has 31 heavy (non-hydrogen) atoms. The van der Waals surface area contributed by atoms with Crippen molar-refractivity contribution in [1.82, 2.24) is 25.4 Å². The maximum Gasteiger partial charge on any atom is 0.191 e. The molecule has 0 radical (unpaired) electrons. The van der Waals surface area contributed by atoms with Crippen LogP contribution >= 0.6 is 35.3 Å². The first-order valence-corrected chi connectivity index (χ1v) is 11.8. The van der Waals surface area contributed by atoms with Gasteiger partial charge in [0, 0.05) is 31.1 Å². The van der Waals surface area contributed by atoms with Gasteiger partial charge in [-0.3, -0.25) is 4.90 Å². The number of guanidine groups is 1. The number of benzene rings is 1. The molecule has 172 valence electrons. The molecular weight excluding hydrogens is 519 g/mol. The van der Waals surface area contributed by atoms with Crippen LogP contribution in [0.2, 0.25) is 0 Å². The molecular formula is C23H37IN6S. The minimum atomic E-state index is 0. The summed E-state index contributed by atoms with van der Waals surface area (Å²) < 4.78 is 0. The molecule has 1 aromatic carbocycles. The number of thiazole rings is 1. The normalized spacial score (nSPS) is 15.9. The fraction of sp³-hybridized carbons (Fsp3) is 0.565. The van der Waals surface area contributed by atoms with E-state index in [9.17, 15) is 0 Å². The summed E-state index contributed by atoms with van der Waals surface area (Å²) in [4.78, 5) is 15.6. The van der Waals surface area contributed by atoms with Gasteiger partial charge in [-0.25, -0.2) is 9.98 Å². The molecule has 2 aromatic rings. The zero-order valence-electron chi connectivity index (χ0n) is 19.3. The highest BCUT2D eigenvalue weighted by molar-refractivity contribution is 14.0. The molecule has 0 bridgehead atoms. The molecule has 6 nitrogen and oxygen atoms in total. The fourth-order valence-electron chi connectivity index (χ4n) is 3.55. The second-order valence-electron chi connectivity index (χ2n) is 8.05. The second kappa shape index (κ2) is 13.3. The molecule has 1 aliphatic rings. The number of aromatic nitrogens is 1.